The molecule has 0 saturated heterocycles. The second-order valence-corrected chi connectivity index (χ2v) is 7.94. The maximum atomic E-state index is 10.8. The number of hydrogen-bond acceptors (Lipinski definition) is 2. The summed E-state index contributed by atoms with van der Waals surface area (Å²) in [5, 5.41) is 8.86. The lowest BCUT2D eigenvalue weighted by atomic mass is 10.1. The first-order valence-corrected chi connectivity index (χ1v) is 9.26. The van der Waals surface area contributed by atoms with Crippen molar-refractivity contribution in [2.45, 2.75) is 13.0 Å². The third-order valence-electron chi connectivity index (χ3n) is 2.71. The Morgan fingerprint density at radius 3 is 2.10 bits per heavy atom. The van der Waals surface area contributed by atoms with E-state index in [4.69, 9.17) is 9.84 Å². The summed E-state index contributed by atoms with van der Waals surface area (Å²) in [5.74, 6) is -0.0157. The minimum atomic E-state index is -0.825. The molecule has 0 atom stereocenters. The summed E-state index contributed by atoms with van der Waals surface area (Å²) in [6.07, 6.45) is 0.0312. The van der Waals surface area contributed by atoms with E-state index in [1.807, 2.05) is 36.4 Å². The van der Waals surface area contributed by atoms with Gasteiger partial charge in [0.25, 0.3) is 0 Å². The Morgan fingerprint density at radius 2 is 1.57 bits per heavy atom. The first-order chi connectivity index (χ1) is 9.95. The van der Waals surface area contributed by atoms with Crippen molar-refractivity contribution < 1.29 is 14.6 Å². The van der Waals surface area contributed by atoms with E-state index in [9.17, 15) is 4.79 Å². The Kier molecular flexibility index (Phi) is 6.53. The van der Waals surface area contributed by atoms with Crippen LogP contribution in [0.3, 0.4) is 0 Å². The molecule has 0 aliphatic rings. The van der Waals surface area contributed by atoms with Crippen molar-refractivity contribution in [3.63, 3.8) is 0 Å². The molecule has 2 aromatic carbocycles. The molecule has 2 aromatic rings. The molecule has 3 nitrogen and oxygen atoms in total. The molecule has 0 unspecified atom stereocenters. The molecule has 0 spiro atoms. The van der Waals surface area contributed by atoms with Crippen molar-refractivity contribution in [2.24, 2.45) is 0 Å². The molecular formula is C15H11I3O3. The molecule has 21 heavy (non-hydrogen) atoms. The molecule has 2 rings (SSSR count). The lowest BCUT2D eigenvalue weighted by Crippen LogP contribution is -2.03. The summed E-state index contributed by atoms with van der Waals surface area (Å²) in [7, 11) is 0. The van der Waals surface area contributed by atoms with E-state index >= 15 is 0 Å². The van der Waals surface area contributed by atoms with Crippen LogP contribution in [0.4, 0.5) is 0 Å². The van der Waals surface area contributed by atoms with Gasteiger partial charge >= 0.3 is 5.97 Å². The smallest absolute Gasteiger partial charge is 0.307 e. The van der Waals surface area contributed by atoms with Gasteiger partial charge < -0.3 is 9.84 Å². The highest BCUT2D eigenvalue weighted by Gasteiger charge is 2.11. The largest absolute Gasteiger partial charge is 0.487 e. The number of ether oxygens (including phenoxy) is 1. The van der Waals surface area contributed by atoms with Crippen LogP contribution in [0.15, 0.2) is 36.4 Å². The number of carbonyl (C=O) groups is 1. The average molecular weight is 620 g/mol. The zero-order chi connectivity index (χ0) is 15.4. The Morgan fingerprint density at radius 1 is 1.00 bits per heavy atom. The van der Waals surface area contributed by atoms with Crippen molar-refractivity contribution in [1.29, 1.82) is 0 Å². The van der Waals surface area contributed by atoms with Gasteiger partial charge in [-0.3, -0.25) is 4.79 Å². The number of hydrogen-bond donors (Lipinski definition) is 1. The fourth-order valence-electron chi connectivity index (χ4n) is 1.76. The minimum absolute atomic E-state index is 0.0312. The van der Waals surface area contributed by atoms with Gasteiger partial charge in [0.15, 0.2) is 0 Å². The van der Waals surface area contributed by atoms with Crippen molar-refractivity contribution in [3.05, 3.63) is 58.2 Å². The van der Waals surface area contributed by atoms with Crippen molar-refractivity contribution >= 4 is 73.7 Å². The van der Waals surface area contributed by atoms with Gasteiger partial charge in [0.1, 0.15) is 12.4 Å². The standard InChI is InChI=1S/C15H11I3O3/c16-11-3-1-9(2-4-11)8-21-15-12(17)5-10(6-13(15)18)7-14(19)20/h1-6H,7-8H2,(H,19,20). The minimum Gasteiger partial charge on any atom is -0.487 e. The van der Waals surface area contributed by atoms with Crippen LogP contribution in [0.5, 0.6) is 5.75 Å². The number of benzene rings is 2. The van der Waals surface area contributed by atoms with E-state index in [0.29, 0.717) is 6.61 Å². The molecule has 0 aromatic heterocycles. The zero-order valence-corrected chi connectivity index (χ0v) is 17.2. The monoisotopic (exact) mass is 620 g/mol. The van der Waals surface area contributed by atoms with Crippen molar-refractivity contribution in [2.75, 3.05) is 0 Å². The molecule has 0 aliphatic carbocycles. The fraction of sp³-hybridized carbons (Fsp3) is 0.133. The maximum Gasteiger partial charge on any atom is 0.307 e. The second kappa shape index (κ2) is 7.95. The molecule has 0 aliphatic heterocycles. The molecule has 0 fully saturated rings. The van der Waals surface area contributed by atoms with Gasteiger partial charge in [-0.25, -0.2) is 0 Å². The second-order valence-electron chi connectivity index (χ2n) is 4.37. The van der Waals surface area contributed by atoms with Crippen LogP contribution in [0, 0.1) is 10.7 Å². The molecule has 0 saturated carbocycles. The van der Waals surface area contributed by atoms with Gasteiger partial charge in [0.2, 0.25) is 0 Å². The summed E-state index contributed by atoms with van der Waals surface area (Å²) in [6, 6.07) is 11.9. The summed E-state index contributed by atoms with van der Waals surface area (Å²) in [5.41, 5.74) is 1.90. The molecular weight excluding hydrogens is 609 g/mol. The van der Waals surface area contributed by atoms with Crippen LogP contribution in [0.1, 0.15) is 11.1 Å². The fourth-order valence-corrected chi connectivity index (χ4v) is 4.33. The van der Waals surface area contributed by atoms with Gasteiger partial charge in [-0.2, -0.15) is 0 Å². The number of carboxylic acids is 1. The first-order valence-electron chi connectivity index (χ1n) is 6.02. The third-order valence-corrected chi connectivity index (χ3v) is 5.03. The number of aliphatic carboxylic acids is 1. The maximum absolute atomic E-state index is 10.8. The van der Waals surface area contributed by atoms with Gasteiger partial charge in [0.05, 0.1) is 13.6 Å². The van der Waals surface area contributed by atoms with E-state index < -0.39 is 5.97 Å². The lowest BCUT2D eigenvalue weighted by Gasteiger charge is -2.12. The molecule has 0 amide bonds. The summed E-state index contributed by atoms with van der Waals surface area (Å²) < 4.78 is 8.95. The molecule has 0 radical (unpaired) electrons. The Hall–Kier alpha value is -0.100. The van der Waals surface area contributed by atoms with Gasteiger partial charge in [-0.15, -0.1) is 0 Å². The highest BCUT2D eigenvalue weighted by Crippen LogP contribution is 2.30. The van der Waals surface area contributed by atoms with Crippen LogP contribution in [0.2, 0.25) is 0 Å². The Bertz CT molecular complexity index is 631. The number of rotatable bonds is 5. The molecule has 110 valence electrons. The molecule has 0 heterocycles. The van der Waals surface area contributed by atoms with E-state index in [2.05, 4.69) is 67.8 Å². The van der Waals surface area contributed by atoms with E-state index in [1.54, 1.807) is 0 Å². The number of carboxylic acid groups (broad SMARTS) is 1. The van der Waals surface area contributed by atoms with Crippen LogP contribution in [-0.2, 0) is 17.8 Å². The highest BCUT2D eigenvalue weighted by molar-refractivity contribution is 14.1. The van der Waals surface area contributed by atoms with Gasteiger partial charge in [-0.1, -0.05) is 12.1 Å². The highest BCUT2D eigenvalue weighted by atomic mass is 127. The summed E-state index contributed by atoms with van der Waals surface area (Å²) >= 11 is 6.63. The SMILES string of the molecule is O=C(O)Cc1cc(I)c(OCc2ccc(I)cc2)c(I)c1. The van der Waals surface area contributed by atoms with Crippen LogP contribution >= 0.6 is 67.8 Å². The Balaban J connectivity index is 2.13. The normalized spacial score (nSPS) is 10.4. The van der Waals surface area contributed by atoms with E-state index in [0.717, 1.165) is 24.0 Å². The molecule has 6 heteroatoms. The Labute approximate surface area is 163 Å². The first kappa shape index (κ1) is 17.3. The van der Waals surface area contributed by atoms with Crippen LogP contribution in [0.25, 0.3) is 0 Å². The lowest BCUT2D eigenvalue weighted by molar-refractivity contribution is -0.136. The summed E-state index contributed by atoms with van der Waals surface area (Å²) in [4.78, 5) is 10.8. The van der Waals surface area contributed by atoms with Gasteiger partial charge in [0, 0.05) is 3.57 Å². The molecule has 0 bridgehead atoms. The van der Waals surface area contributed by atoms with E-state index in [-0.39, 0.29) is 6.42 Å². The van der Waals surface area contributed by atoms with E-state index in [1.165, 1.54) is 3.57 Å². The summed E-state index contributed by atoms with van der Waals surface area (Å²) in [6.45, 7) is 0.501. The zero-order valence-electron chi connectivity index (χ0n) is 10.8. The topological polar surface area (TPSA) is 46.5 Å². The van der Waals surface area contributed by atoms with Crippen LogP contribution in [-0.4, -0.2) is 11.1 Å². The predicted molar refractivity (Wildman–Crippen MR) is 107 cm³/mol. The van der Waals surface area contributed by atoms with Gasteiger partial charge in [-0.05, 0) is 103 Å². The van der Waals surface area contributed by atoms with Crippen molar-refractivity contribution in [1.82, 2.24) is 0 Å². The molecule has 1 N–H and O–H groups in total. The van der Waals surface area contributed by atoms with Crippen LogP contribution < -0.4 is 4.74 Å². The number of halogens is 3. The predicted octanol–water partition coefficient (Wildman–Crippen LogP) is 4.71. The quantitative estimate of drug-likeness (QED) is 0.494. The third kappa shape index (κ3) is 5.23. The van der Waals surface area contributed by atoms with Crippen molar-refractivity contribution in [3.8, 4) is 5.75 Å². The average Bonchev–Trinajstić information content (AvgIpc) is 2.39.